The summed E-state index contributed by atoms with van der Waals surface area (Å²) in [6.45, 7) is 0. The zero-order valence-electron chi connectivity index (χ0n) is 8.28. The summed E-state index contributed by atoms with van der Waals surface area (Å²) >= 11 is 3.26. The maximum Gasteiger partial charge on any atom is 0.340 e. The smallest absolute Gasteiger partial charge is 0.340 e. The third-order valence-corrected chi connectivity index (χ3v) is 2.63. The molecule has 0 bridgehead atoms. The number of fused-ring (bicyclic) bond motifs is 1. The molecule has 2 rings (SSSR count). The number of aldehydes is 1. The average Bonchev–Trinajstić information content (AvgIpc) is 2.69. The van der Waals surface area contributed by atoms with Crippen molar-refractivity contribution < 1.29 is 14.3 Å². The molecule has 1 aromatic carbocycles. The lowest BCUT2D eigenvalue weighted by atomic mass is 10.1. The van der Waals surface area contributed by atoms with Gasteiger partial charge in [-0.25, -0.2) is 4.79 Å². The summed E-state index contributed by atoms with van der Waals surface area (Å²) < 4.78 is 5.33. The molecule has 16 heavy (non-hydrogen) atoms. The molecule has 0 amide bonds. The molecule has 1 heterocycles. The fourth-order valence-electron chi connectivity index (χ4n) is 1.46. The first-order valence-corrected chi connectivity index (χ1v) is 5.17. The summed E-state index contributed by atoms with van der Waals surface area (Å²) in [5, 5.41) is 7.07. The lowest BCUT2D eigenvalue weighted by molar-refractivity contribution is 0.0602. The van der Waals surface area contributed by atoms with E-state index in [9.17, 15) is 9.59 Å². The summed E-state index contributed by atoms with van der Waals surface area (Å²) in [6.07, 6.45) is 0.656. The van der Waals surface area contributed by atoms with E-state index in [1.807, 2.05) is 0 Å². The van der Waals surface area contributed by atoms with Gasteiger partial charge < -0.3 is 4.74 Å². The van der Waals surface area contributed by atoms with E-state index in [4.69, 9.17) is 0 Å². The van der Waals surface area contributed by atoms with Crippen molar-refractivity contribution in [3.8, 4) is 0 Å². The first-order valence-electron chi connectivity index (χ1n) is 4.38. The Bertz CT molecular complexity index is 577. The number of aromatic nitrogens is 2. The Morgan fingerprint density at radius 2 is 2.31 bits per heavy atom. The topological polar surface area (TPSA) is 72.1 Å². The Hall–Kier alpha value is -1.69. The minimum atomic E-state index is -0.491. The van der Waals surface area contributed by atoms with Crippen molar-refractivity contribution in [3.05, 3.63) is 27.9 Å². The molecule has 1 N–H and O–H groups in total. The van der Waals surface area contributed by atoms with Gasteiger partial charge in [0.05, 0.1) is 12.7 Å². The van der Waals surface area contributed by atoms with Crippen LogP contribution in [-0.4, -0.2) is 29.6 Å². The second kappa shape index (κ2) is 4.05. The molecule has 0 unspecified atom stereocenters. The summed E-state index contributed by atoms with van der Waals surface area (Å²) in [4.78, 5) is 22.2. The highest BCUT2D eigenvalue weighted by Gasteiger charge is 2.16. The van der Waals surface area contributed by atoms with Crippen LogP contribution in [0.1, 0.15) is 20.8 Å². The Kier molecular flexibility index (Phi) is 2.74. The van der Waals surface area contributed by atoms with Crippen LogP contribution in [-0.2, 0) is 4.74 Å². The van der Waals surface area contributed by atoms with Gasteiger partial charge in [-0.05, 0) is 12.1 Å². The standard InChI is InChI=1S/C10H7BrN2O3/c1-16-10(15)7-3-5(11)2-6-8(4-14)12-13-9(6)7/h2-4H,1H3,(H,12,13). The molecule has 6 heteroatoms. The second-order valence-electron chi connectivity index (χ2n) is 3.10. The van der Waals surface area contributed by atoms with Gasteiger partial charge in [0.15, 0.2) is 6.29 Å². The van der Waals surface area contributed by atoms with Crippen LogP contribution in [0.25, 0.3) is 10.9 Å². The number of rotatable bonds is 2. The number of hydrogen-bond donors (Lipinski definition) is 1. The first-order chi connectivity index (χ1) is 7.67. The van der Waals surface area contributed by atoms with E-state index in [1.165, 1.54) is 7.11 Å². The summed E-state index contributed by atoms with van der Waals surface area (Å²) in [5.41, 5.74) is 1.08. The molecule has 0 spiro atoms. The number of methoxy groups -OCH3 is 1. The van der Waals surface area contributed by atoms with Gasteiger partial charge in [0, 0.05) is 9.86 Å². The van der Waals surface area contributed by atoms with E-state index in [-0.39, 0.29) is 0 Å². The normalized spacial score (nSPS) is 10.4. The maximum atomic E-state index is 11.5. The van der Waals surface area contributed by atoms with Crippen LogP contribution in [0.2, 0.25) is 0 Å². The molecule has 0 aliphatic rings. The monoisotopic (exact) mass is 282 g/mol. The molecule has 0 saturated heterocycles. The molecule has 1 aromatic heterocycles. The van der Waals surface area contributed by atoms with Crippen LogP contribution in [0.5, 0.6) is 0 Å². The average molecular weight is 283 g/mol. The van der Waals surface area contributed by atoms with Crippen LogP contribution < -0.4 is 0 Å². The lowest BCUT2D eigenvalue weighted by Gasteiger charge is -2.01. The minimum absolute atomic E-state index is 0.316. The Balaban J connectivity index is 2.79. The number of carbonyl (C=O) groups is 2. The highest BCUT2D eigenvalue weighted by molar-refractivity contribution is 9.10. The first kappa shape index (κ1) is 10.8. The van der Waals surface area contributed by atoms with Crippen molar-refractivity contribution in [3.63, 3.8) is 0 Å². The summed E-state index contributed by atoms with van der Waals surface area (Å²) in [5.74, 6) is -0.491. The predicted molar refractivity (Wildman–Crippen MR) is 60.5 cm³/mol. The number of halogens is 1. The fourth-order valence-corrected chi connectivity index (χ4v) is 1.91. The van der Waals surface area contributed by atoms with Crippen molar-refractivity contribution in [1.82, 2.24) is 10.2 Å². The van der Waals surface area contributed by atoms with Crippen LogP contribution >= 0.6 is 15.9 Å². The zero-order chi connectivity index (χ0) is 11.7. The molecule has 82 valence electrons. The summed E-state index contributed by atoms with van der Waals surface area (Å²) in [6, 6.07) is 3.32. The maximum absolute atomic E-state index is 11.5. The Morgan fingerprint density at radius 3 is 2.94 bits per heavy atom. The van der Waals surface area contributed by atoms with E-state index < -0.39 is 5.97 Å². The number of H-pyrrole nitrogens is 1. The second-order valence-corrected chi connectivity index (χ2v) is 4.01. The van der Waals surface area contributed by atoms with Crippen molar-refractivity contribution in [2.24, 2.45) is 0 Å². The van der Waals surface area contributed by atoms with Crippen LogP contribution in [0, 0.1) is 0 Å². The Labute approximate surface area is 98.9 Å². The van der Waals surface area contributed by atoms with Crippen molar-refractivity contribution in [1.29, 1.82) is 0 Å². The van der Waals surface area contributed by atoms with Gasteiger partial charge >= 0.3 is 5.97 Å². The molecule has 0 fully saturated rings. The lowest BCUT2D eigenvalue weighted by Crippen LogP contribution is -2.02. The van der Waals surface area contributed by atoms with Gasteiger partial charge in [0.25, 0.3) is 0 Å². The molecule has 5 nitrogen and oxygen atoms in total. The van der Waals surface area contributed by atoms with Crippen LogP contribution in [0.3, 0.4) is 0 Å². The van der Waals surface area contributed by atoms with Gasteiger partial charge in [-0.2, -0.15) is 5.10 Å². The van der Waals surface area contributed by atoms with E-state index >= 15 is 0 Å². The number of hydrogen-bond acceptors (Lipinski definition) is 4. The third-order valence-electron chi connectivity index (χ3n) is 2.18. The fraction of sp³-hybridized carbons (Fsp3) is 0.100. The molecule has 0 aliphatic heterocycles. The number of nitrogens with zero attached hydrogens (tertiary/aromatic N) is 1. The number of carbonyl (C=O) groups excluding carboxylic acids is 2. The van der Waals surface area contributed by atoms with Gasteiger partial charge in [-0.15, -0.1) is 0 Å². The predicted octanol–water partition coefficient (Wildman–Crippen LogP) is 1.92. The van der Waals surface area contributed by atoms with E-state index in [1.54, 1.807) is 12.1 Å². The van der Waals surface area contributed by atoms with Crippen LogP contribution in [0.4, 0.5) is 0 Å². The van der Waals surface area contributed by atoms with Crippen molar-refractivity contribution in [2.75, 3.05) is 7.11 Å². The van der Waals surface area contributed by atoms with Crippen LogP contribution in [0.15, 0.2) is 16.6 Å². The minimum Gasteiger partial charge on any atom is -0.465 e. The number of nitrogens with one attached hydrogen (secondary N) is 1. The highest BCUT2D eigenvalue weighted by Crippen LogP contribution is 2.25. The molecule has 0 saturated carbocycles. The number of esters is 1. The molecule has 0 atom stereocenters. The molecular formula is C10H7BrN2O3. The quantitative estimate of drug-likeness (QED) is 0.675. The highest BCUT2D eigenvalue weighted by atomic mass is 79.9. The van der Waals surface area contributed by atoms with E-state index in [0.717, 1.165) is 0 Å². The largest absolute Gasteiger partial charge is 0.465 e. The number of aromatic amines is 1. The number of ether oxygens (including phenoxy) is 1. The van der Waals surface area contributed by atoms with Gasteiger partial charge in [-0.1, -0.05) is 15.9 Å². The Morgan fingerprint density at radius 1 is 1.56 bits per heavy atom. The number of benzene rings is 1. The van der Waals surface area contributed by atoms with Gasteiger partial charge in [-0.3, -0.25) is 9.89 Å². The van der Waals surface area contributed by atoms with Crippen molar-refractivity contribution >= 4 is 39.1 Å². The van der Waals surface area contributed by atoms with Crippen molar-refractivity contribution in [2.45, 2.75) is 0 Å². The molecule has 2 aromatic rings. The van der Waals surface area contributed by atoms with E-state index in [2.05, 4.69) is 30.9 Å². The SMILES string of the molecule is COC(=O)c1cc(Br)cc2c(C=O)[nH]nc12. The molecular weight excluding hydrogens is 276 g/mol. The molecule has 0 radical (unpaired) electrons. The van der Waals surface area contributed by atoms with E-state index in [0.29, 0.717) is 32.9 Å². The zero-order valence-corrected chi connectivity index (χ0v) is 9.87. The molecule has 0 aliphatic carbocycles. The summed E-state index contributed by atoms with van der Waals surface area (Å²) in [7, 11) is 1.29. The van der Waals surface area contributed by atoms with Gasteiger partial charge in [0.2, 0.25) is 0 Å². The van der Waals surface area contributed by atoms with Gasteiger partial charge in [0.1, 0.15) is 11.2 Å². The third kappa shape index (κ3) is 1.61.